The number of anilines is 3. The van der Waals surface area contributed by atoms with E-state index >= 15 is 0 Å². The minimum absolute atomic E-state index is 0.824. The third-order valence-corrected chi connectivity index (χ3v) is 7.23. The quantitative estimate of drug-likeness (QED) is 0.137. The van der Waals surface area contributed by atoms with Gasteiger partial charge in [0.05, 0.1) is 19.9 Å². The second kappa shape index (κ2) is 10.0. The highest BCUT2D eigenvalue weighted by atomic mass is 28.3. The van der Waals surface area contributed by atoms with Crippen LogP contribution in [0, 0.1) is 11.5 Å². The van der Waals surface area contributed by atoms with Crippen LogP contribution in [0.15, 0.2) is 97.1 Å². The molecule has 0 spiro atoms. The summed E-state index contributed by atoms with van der Waals surface area (Å²) in [7, 11) is 1.82. The predicted molar refractivity (Wildman–Crippen MR) is 159 cm³/mol. The van der Waals surface area contributed by atoms with Crippen molar-refractivity contribution >= 4 is 46.7 Å². The molecule has 0 unspecified atom stereocenters. The first kappa shape index (κ1) is 24.5. The molecule has 0 fully saturated rings. The van der Waals surface area contributed by atoms with Gasteiger partial charge in [0.2, 0.25) is 0 Å². The van der Waals surface area contributed by atoms with Crippen molar-refractivity contribution in [3.05, 3.63) is 103 Å². The van der Waals surface area contributed by atoms with Crippen LogP contribution in [0.4, 0.5) is 17.1 Å². The van der Waals surface area contributed by atoms with Crippen LogP contribution in [-0.2, 0) is 0 Å². The molecular weight excluding hydrogens is 470 g/mol. The van der Waals surface area contributed by atoms with Gasteiger partial charge in [0, 0.05) is 38.5 Å². The first-order chi connectivity index (χ1) is 17.9. The Morgan fingerprint density at radius 3 is 1.35 bits per heavy atom. The molecular formula is C33H31NO2Si. The van der Waals surface area contributed by atoms with Crippen LogP contribution in [0.25, 0.3) is 21.5 Å². The van der Waals surface area contributed by atoms with Crippen LogP contribution in [0.2, 0.25) is 19.6 Å². The van der Waals surface area contributed by atoms with Gasteiger partial charge < -0.3 is 14.4 Å². The van der Waals surface area contributed by atoms with E-state index in [0.29, 0.717) is 0 Å². The zero-order chi connectivity index (χ0) is 26.0. The van der Waals surface area contributed by atoms with E-state index in [-0.39, 0.29) is 0 Å². The number of hydrogen-bond donors (Lipinski definition) is 0. The predicted octanol–water partition coefficient (Wildman–Crippen LogP) is 8.71. The average Bonchev–Trinajstić information content (AvgIpc) is 2.92. The van der Waals surface area contributed by atoms with Gasteiger partial charge in [-0.2, -0.15) is 0 Å². The molecule has 4 heteroatoms. The smallest absolute Gasteiger partial charge is 0.129 e. The summed E-state index contributed by atoms with van der Waals surface area (Å²) in [5.41, 5.74) is 7.92. The lowest BCUT2D eigenvalue weighted by Crippen LogP contribution is -2.16. The molecule has 5 aromatic rings. The molecule has 0 amide bonds. The van der Waals surface area contributed by atoms with Crippen LogP contribution in [-0.4, -0.2) is 22.3 Å². The van der Waals surface area contributed by atoms with Gasteiger partial charge in [0.1, 0.15) is 19.6 Å². The molecule has 0 heterocycles. The summed E-state index contributed by atoms with van der Waals surface area (Å²) in [4.78, 5) is 2.32. The maximum atomic E-state index is 5.45. The van der Waals surface area contributed by atoms with Gasteiger partial charge in [-0.3, -0.25) is 0 Å². The molecule has 0 aromatic heterocycles. The summed E-state index contributed by atoms with van der Waals surface area (Å²) >= 11 is 0. The van der Waals surface area contributed by atoms with Crippen molar-refractivity contribution in [3.8, 4) is 23.0 Å². The van der Waals surface area contributed by atoms with E-state index in [1.165, 1.54) is 0 Å². The van der Waals surface area contributed by atoms with Crippen molar-refractivity contribution < 1.29 is 9.47 Å². The van der Waals surface area contributed by atoms with Gasteiger partial charge in [-0.15, -0.1) is 5.54 Å². The molecule has 3 nitrogen and oxygen atoms in total. The number of benzene rings is 5. The average molecular weight is 502 g/mol. The van der Waals surface area contributed by atoms with Crippen molar-refractivity contribution in [2.75, 3.05) is 19.1 Å². The summed E-state index contributed by atoms with van der Waals surface area (Å²) in [5.74, 6) is 5.25. The standard InChI is InChI=1S/C33H31NO2Si/c1-35-26-18-14-24(15-19-26)34(25-16-20-27(36-2)21-17-25)33-31-12-8-6-10-28(31)30(22-23-37(3,4)5)29-11-7-9-13-32(29)33/h6-21H,1-5H3. The minimum atomic E-state index is -1.57. The summed E-state index contributed by atoms with van der Waals surface area (Å²) < 4.78 is 10.9. The van der Waals surface area contributed by atoms with Gasteiger partial charge in [-0.1, -0.05) is 74.1 Å². The molecule has 0 aliphatic carbocycles. The van der Waals surface area contributed by atoms with Gasteiger partial charge in [0.25, 0.3) is 0 Å². The molecule has 0 N–H and O–H groups in total. The molecule has 184 valence electrons. The Kier molecular flexibility index (Phi) is 6.65. The lowest BCUT2D eigenvalue weighted by Gasteiger charge is -2.29. The van der Waals surface area contributed by atoms with E-state index in [2.05, 4.69) is 109 Å². The monoisotopic (exact) mass is 501 g/mol. The normalized spacial score (nSPS) is 11.2. The second-order valence-electron chi connectivity index (χ2n) is 10.0. The fourth-order valence-corrected chi connectivity index (χ4v) is 5.10. The first-order valence-electron chi connectivity index (χ1n) is 12.4. The number of methoxy groups -OCH3 is 2. The van der Waals surface area contributed by atoms with Crippen LogP contribution in [0.3, 0.4) is 0 Å². The van der Waals surface area contributed by atoms with Gasteiger partial charge in [-0.25, -0.2) is 0 Å². The maximum absolute atomic E-state index is 5.45. The van der Waals surface area contributed by atoms with Crippen LogP contribution in [0.1, 0.15) is 5.56 Å². The van der Waals surface area contributed by atoms with Crippen molar-refractivity contribution in [3.63, 3.8) is 0 Å². The minimum Gasteiger partial charge on any atom is -0.497 e. The number of ether oxygens (including phenoxy) is 2. The van der Waals surface area contributed by atoms with Crippen molar-refractivity contribution in [2.45, 2.75) is 19.6 Å². The third-order valence-electron chi connectivity index (χ3n) is 6.35. The fraction of sp³-hybridized carbons (Fsp3) is 0.152. The summed E-state index contributed by atoms with van der Waals surface area (Å²) in [6.07, 6.45) is 0. The lowest BCUT2D eigenvalue weighted by atomic mass is 9.94. The Labute approximate surface area is 220 Å². The molecule has 0 saturated carbocycles. The lowest BCUT2D eigenvalue weighted by molar-refractivity contribution is 0.415. The largest absolute Gasteiger partial charge is 0.497 e. The van der Waals surface area contributed by atoms with Gasteiger partial charge in [0.15, 0.2) is 0 Å². The molecule has 0 atom stereocenters. The Morgan fingerprint density at radius 1 is 0.568 bits per heavy atom. The van der Waals surface area contributed by atoms with E-state index in [1.54, 1.807) is 14.2 Å². The molecule has 0 radical (unpaired) electrons. The number of fused-ring (bicyclic) bond motifs is 2. The topological polar surface area (TPSA) is 21.7 Å². The van der Waals surface area contributed by atoms with Crippen molar-refractivity contribution in [1.82, 2.24) is 0 Å². The van der Waals surface area contributed by atoms with Gasteiger partial charge >= 0.3 is 0 Å². The van der Waals surface area contributed by atoms with E-state index in [0.717, 1.165) is 55.7 Å². The Morgan fingerprint density at radius 2 is 0.973 bits per heavy atom. The second-order valence-corrected chi connectivity index (χ2v) is 14.8. The highest BCUT2D eigenvalue weighted by Gasteiger charge is 2.21. The fourth-order valence-electron chi connectivity index (χ4n) is 4.60. The van der Waals surface area contributed by atoms with E-state index in [9.17, 15) is 0 Å². The molecule has 0 aliphatic rings. The zero-order valence-electron chi connectivity index (χ0n) is 22.0. The van der Waals surface area contributed by atoms with Crippen molar-refractivity contribution in [2.24, 2.45) is 0 Å². The summed E-state index contributed by atoms with van der Waals surface area (Å²) in [6, 6.07) is 33.6. The van der Waals surface area contributed by atoms with Gasteiger partial charge in [-0.05, 0) is 48.5 Å². The Bertz CT molecular complexity index is 1520. The third kappa shape index (κ3) is 4.91. The van der Waals surface area contributed by atoms with E-state index < -0.39 is 8.07 Å². The van der Waals surface area contributed by atoms with Crippen LogP contribution < -0.4 is 14.4 Å². The Balaban J connectivity index is 1.88. The molecule has 0 saturated heterocycles. The Hall–Kier alpha value is -4.20. The molecule has 5 aromatic carbocycles. The van der Waals surface area contributed by atoms with E-state index in [1.807, 2.05) is 24.3 Å². The summed E-state index contributed by atoms with van der Waals surface area (Å²) in [5, 5.41) is 4.64. The number of nitrogens with zero attached hydrogens (tertiary/aromatic N) is 1. The SMILES string of the molecule is COc1ccc(N(c2ccc(OC)cc2)c2c3ccccc3c(C#C[Si](C)(C)C)c3ccccc23)cc1. The molecule has 37 heavy (non-hydrogen) atoms. The molecule has 5 rings (SSSR count). The highest BCUT2D eigenvalue weighted by molar-refractivity contribution is 6.83. The zero-order valence-corrected chi connectivity index (χ0v) is 23.0. The number of hydrogen-bond acceptors (Lipinski definition) is 3. The van der Waals surface area contributed by atoms with E-state index in [4.69, 9.17) is 9.47 Å². The molecule has 0 bridgehead atoms. The maximum Gasteiger partial charge on any atom is 0.129 e. The van der Waals surface area contributed by atoms with Crippen LogP contribution >= 0.6 is 0 Å². The first-order valence-corrected chi connectivity index (χ1v) is 15.9. The highest BCUT2D eigenvalue weighted by Crippen LogP contribution is 2.45. The van der Waals surface area contributed by atoms with Crippen molar-refractivity contribution in [1.29, 1.82) is 0 Å². The summed E-state index contributed by atoms with van der Waals surface area (Å²) in [6.45, 7) is 6.86. The molecule has 0 aliphatic heterocycles. The van der Waals surface area contributed by atoms with Crippen LogP contribution in [0.5, 0.6) is 11.5 Å². The number of rotatable bonds is 5.